The lowest BCUT2D eigenvalue weighted by Crippen LogP contribution is -2.29. The number of benzene rings is 1. The highest BCUT2D eigenvalue weighted by atomic mass is 79.9. The SMILES string of the molecule is COCCCN1C(=O)S/C(=C/c2cc(Cl)c(OC)c(Br)c2)C1=O. The fraction of sp³-hybridized carbons (Fsp3) is 0.333. The van der Waals surface area contributed by atoms with Gasteiger partial charge >= 0.3 is 0 Å². The van der Waals surface area contributed by atoms with Crippen LogP contribution in [-0.2, 0) is 9.53 Å². The van der Waals surface area contributed by atoms with Gasteiger partial charge in [0.15, 0.2) is 5.75 Å². The highest BCUT2D eigenvalue weighted by molar-refractivity contribution is 9.10. The van der Waals surface area contributed by atoms with Crippen LogP contribution in [0.3, 0.4) is 0 Å². The summed E-state index contributed by atoms with van der Waals surface area (Å²) in [5.41, 5.74) is 0.713. The van der Waals surface area contributed by atoms with Gasteiger partial charge < -0.3 is 9.47 Å². The molecule has 1 aliphatic heterocycles. The van der Waals surface area contributed by atoms with Crippen molar-refractivity contribution in [3.05, 3.63) is 32.1 Å². The van der Waals surface area contributed by atoms with Crippen molar-refractivity contribution in [1.82, 2.24) is 4.90 Å². The molecule has 23 heavy (non-hydrogen) atoms. The van der Waals surface area contributed by atoms with Crippen molar-refractivity contribution in [3.63, 3.8) is 0 Å². The van der Waals surface area contributed by atoms with Crippen LogP contribution in [0.4, 0.5) is 4.79 Å². The predicted molar refractivity (Wildman–Crippen MR) is 94.9 cm³/mol. The number of amides is 2. The lowest BCUT2D eigenvalue weighted by molar-refractivity contribution is -0.122. The second-order valence-electron chi connectivity index (χ2n) is 4.70. The van der Waals surface area contributed by atoms with Gasteiger partial charge in [-0.1, -0.05) is 11.6 Å². The smallest absolute Gasteiger partial charge is 0.293 e. The quantitative estimate of drug-likeness (QED) is 0.510. The molecule has 1 aromatic carbocycles. The van der Waals surface area contributed by atoms with Gasteiger partial charge in [-0.25, -0.2) is 0 Å². The maximum atomic E-state index is 12.3. The van der Waals surface area contributed by atoms with Gasteiger partial charge in [-0.3, -0.25) is 14.5 Å². The minimum absolute atomic E-state index is 0.268. The Bertz CT molecular complexity index is 642. The summed E-state index contributed by atoms with van der Waals surface area (Å²) in [5.74, 6) is 0.232. The third-order valence-corrected chi connectivity index (χ3v) is 4.90. The van der Waals surface area contributed by atoms with E-state index < -0.39 is 0 Å². The molecule has 8 heteroatoms. The highest BCUT2D eigenvalue weighted by Crippen LogP contribution is 2.37. The largest absolute Gasteiger partial charge is 0.494 e. The molecule has 0 N–H and O–H groups in total. The van der Waals surface area contributed by atoms with Gasteiger partial charge in [0, 0.05) is 20.3 Å². The Hall–Kier alpha value is -1.02. The van der Waals surface area contributed by atoms with Gasteiger partial charge in [0.25, 0.3) is 11.1 Å². The Balaban J connectivity index is 2.20. The zero-order valence-corrected chi connectivity index (χ0v) is 15.8. The van der Waals surface area contributed by atoms with Crippen LogP contribution in [-0.4, -0.2) is 43.4 Å². The summed E-state index contributed by atoms with van der Waals surface area (Å²) in [5, 5.41) is 0.156. The third-order valence-electron chi connectivity index (χ3n) is 3.13. The van der Waals surface area contributed by atoms with Crippen molar-refractivity contribution in [1.29, 1.82) is 0 Å². The van der Waals surface area contributed by atoms with Crippen molar-refractivity contribution in [2.75, 3.05) is 27.4 Å². The maximum absolute atomic E-state index is 12.3. The molecule has 1 heterocycles. The van der Waals surface area contributed by atoms with E-state index in [0.29, 0.717) is 45.3 Å². The molecule has 0 radical (unpaired) electrons. The molecule has 1 saturated heterocycles. The summed E-state index contributed by atoms with van der Waals surface area (Å²) >= 11 is 10.4. The molecule has 2 rings (SSSR count). The van der Waals surface area contributed by atoms with Crippen LogP contribution < -0.4 is 4.74 Å². The molecule has 124 valence electrons. The van der Waals surface area contributed by atoms with Gasteiger partial charge in [0.1, 0.15) is 0 Å². The van der Waals surface area contributed by atoms with Crippen molar-refractivity contribution in [3.8, 4) is 5.75 Å². The van der Waals surface area contributed by atoms with Crippen LogP contribution in [0.2, 0.25) is 5.02 Å². The second-order valence-corrected chi connectivity index (χ2v) is 6.95. The molecular formula is C15H15BrClNO4S. The van der Waals surface area contributed by atoms with Gasteiger partial charge in [-0.2, -0.15) is 0 Å². The Morgan fingerprint density at radius 1 is 1.35 bits per heavy atom. The number of rotatable bonds is 6. The minimum atomic E-state index is -0.292. The van der Waals surface area contributed by atoms with E-state index in [9.17, 15) is 9.59 Å². The number of carbonyl (C=O) groups is 2. The average Bonchev–Trinajstić information content (AvgIpc) is 2.74. The number of thioether (sulfide) groups is 1. The number of halogens is 2. The second kappa shape index (κ2) is 8.19. The monoisotopic (exact) mass is 419 g/mol. The summed E-state index contributed by atoms with van der Waals surface area (Å²) in [6.45, 7) is 0.852. The molecule has 0 bridgehead atoms. The molecule has 0 aromatic heterocycles. The van der Waals surface area contributed by atoms with E-state index in [2.05, 4.69) is 15.9 Å². The molecule has 0 spiro atoms. The van der Waals surface area contributed by atoms with Gasteiger partial charge in [-0.15, -0.1) is 0 Å². The van der Waals surface area contributed by atoms with Crippen molar-refractivity contribution >= 4 is 56.5 Å². The minimum Gasteiger partial charge on any atom is -0.494 e. The van der Waals surface area contributed by atoms with Crippen molar-refractivity contribution < 1.29 is 19.1 Å². The number of ether oxygens (including phenoxy) is 2. The van der Waals surface area contributed by atoms with E-state index in [1.807, 2.05) is 0 Å². The first-order chi connectivity index (χ1) is 11.0. The van der Waals surface area contributed by atoms with E-state index in [0.717, 1.165) is 11.8 Å². The van der Waals surface area contributed by atoms with Gasteiger partial charge in [0.2, 0.25) is 0 Å². The maximum Gasteiger partial charge on any atom is 0.293 e. The zero-order valence-electron chi connectivity index (χ0n) is 12.6. The summed E-state index contributed by atoms with van der Waals surface area (Å²) < 4.78 is 10.8. The Morgan fingerprint density at radius 2 is 2.09 bits per heavy atom. The summed E-state index contributed by atoms with van der Waals surface area (Å²) in [6, 6.07) is 3.47. The fourth-order valence-electron chi connectivity index (χ4n) is 2.07. The molecule has 0 aliphatic carbocycles. The van der Waals surface area contributed by atoms with E-state index in [-0.39, 0.29) is 11.1 Å². The Labute approximate surface area is 152 Å². The van der Waals surface area contributed by atoms with Gasteiger partial charge in [-0.05, 0) is 57.9 Å². The van der Waals surface area contributed by atoms with Crippen LogP contribution >= 0.6 is 39.3 Å². The first kappa shape index (κ1) is 18.3. The molecular weight excluding hydrogens is 406 g/mol. The predicted octanol–water partition coefficient (Wildman–Crippen LogP) is 4.18. The van der Waals surface area contributed by atoms with E-state index in [1.54, 1.807) is 25.3 Å². The number of imide groups is 1. The van der Waals surface area contributed by atoms with Crippen LogP contribution in [0.25, 0.3) is 6.08 Å². The normalized spacial score (nSPS) is 16.5. The molecule has 5 nitrogen and oxygen atoms in total. The lowest BCUT2D eigenvalue weighted by atomic mass is 10.2. The van der Waals surface area contributed by atoms with Crippen molar-refractivity contribution in [2.24, 2.45) is 0 Å². The Kier molecular flexibility index (Phi) is 6.52. The molecule has 1 fully saturated rings. The molecule has 0 unspecified atom stereocenters. The molecule has 0 atom stereocenters. The van der Waals surface area contributed by atoms with Crippen LogP contribution in [0.5, 0.6) is 5.75 Å². The number of nitrogens with zero attached hydrogens (tertiary/aromatic N) is 1. The number of hydrogen-bond donors (Lipinski definition) is 0. The van der Waals surface area contributed by atoms with Crippen LogP contribution in [0.15, 0.2) is 21.5 Å². The fourth-order valence-corrected chi connectivity index (χ4v) is 3.99. The molecule has 2 amide bonds. The lowest BCUT2D eigenvalue weighted by Gasteiger charge is -2.11. The van der Waals surface area contributed by atoms with Crippen molar-refractivity contribution in [2.45, 2.75) is 6.42 Å². The first-order valence-corrected chi connectivity index (χ1v) is 8.74. The molecule has 0 saturated carbocycles. The standard InChI is InChI=1S/C15H15BrClNO4S/c1-21-5-3-4-18-14(19)12(23-15(18)20)8-9-6-10(16)13(22-2)11(17)7-9/h6-8H,3-5H2,1-2H3/b12-8+. The molecule has 1 aliphatic rings. The third kappa shape index (κ3) is 4.29. The summed E-state index contributed by atoms with van der Waals surface area (Å²) in [7, 11) is 3.11. The number of carbonyl (C=O) groups excluding carboxylic acids is 2. The first-order valence-electron chi connectivity index (χ1n) is 6.75. The summed E-state index contributed by atoms with van der Waals surface area (Å²) in [4.78, 5) is 25.9. The number of methoxy groups -OCH3 is 2. The van der Waals surface area contributed by atoms with Gasteiger partial charge in [0.05, 0.1) is 21.5 Å². The molecule has 1 aromatic rings. The van der Waals surface area contributed by atoms with Crippen LogP contribution in [0, 0.1) is 0 Å². The van der Waals surface area contributed by atoms with E-state index in [4.69, 9.17) is 21.1 Å². The topological polar surface area (TPSA) is 55.8 Å². The van der Waals surface area contributed by atoms with E-state index >= 15 is 0 Å². The number of hydrogen-bond acceptors (Lipinski definition) is 5. The average molecular weight is 421 g/mol. The Morgan fingerprint density at radius 3 is 2.70 bits per heavy atom. The highest BCUT2D eigenvalue weighted by Gasteiger charge is 2.34. The van der Waals surface area contributed by atoms with E-state index in [1.165, 1.54) is 12.0 Å². The van der Waals surface area contributed by atoms with Crippen LogP contribution in [0.1, 0.15) is 12.0 Å². The zero-order chi connectivity index (χ0) is 17.0. The summed E-state index contributed by atoms with van der Waals surface area (Å²) in [6.07, 6.45) is 2.26.